The SMILES string of the molecule is Cc1cc(-c2oc3ccccc3c2-c2ccc3c(c2)oc2ccccc23)cc(-c2cccc(-c3cc(-c4ccccc4)cc(-c4cccc(C)c4O)n3)c2)n1. The first kappa shape index (κ1) is 32.4. The van der Waals surface area contributed by atoms with Gasteiger partial charge in [0.2, 0.25) is 0 Å². The monoisotopic (exact) mass is 710 g/mol. The number of hydrogen-bond acceptors (Lipinski definition) is 5. The van der Waals surface area contributed by atoms with Crippen LogP contribution >= 0.6 is 0 Å². The van der Waals surface area contributed by atoms with Gasteiger partial charge >= 0.3 is 0 Å². The fourth-order valence-electron chi connectivity index (χ4n) is 7.68. The molecule has 0 amide bonds. The fourth-order valence-corrected chi connectivity index (χ4v) is 7.68. The Bertz CT molecular complexity index is 3080. The van der Waals surface area contributed by atoms with Gasteiger partial charge in [0, 0.05) is 49.7 Å². The highest BCUT2D eigenvalue weighted by Gasteiger charge is 2.21. The number of rotatable bonds is 6. The Morgan fingerprint density at radius 1 is 0.418 bits per heavy atom. The number of phenols is 1. The van der Waals surface area contributed by atoms with Crippen molar-refractivity contribution in [2.24, 2.45) is 0 Å². The molecule has 0 spiro atoms. The molecule has 0 aliphatic carbocycles. The number of nitrogens with zero attached hydrogens (tertiary/aromatic N) is 2. The second-order valence-corrected chi connectivity index (χ2v) is 14.0. The van der Waals surface area contributed by atoms with Gasteiger partial charge in [0.15, 0.2) is 0 Å². The Balaban J connectivity index is 1.10. The molecule has 4 heterocycles. The van der Waals surface area contributed by atoms with E-state index in [1.807, 2.05) is 98.8 Å². The van der Waals surface area contributed by atoms with E-state index in [1.54, 1.807) is 0 Å². The van der Waals surface area contributed by atoms with E-state index in [-0.39, 0.29) is 5.75 Å². The number of aryl methyl sites for hydroxylation is 2. The van der Waals surface area contributed by atoms with E-state index in [1.165, 1.54) is 0 Å². The van der Waals surface area contributed by atoms with Gasteiger partial charge in [0.05, 0.1) is 17.1 Å². The molecule has 0 aliphatic rings. The quantitative estimate of drug-likeness (QED) is 0.186. The molecule has 55 heavy (non-hydrogen) atoms. The third-order valence-electron chi connectivity index (χ3n) is 10.4. The number of fused-ring (bicyclic) bond motifs is 4. The molecule has 0 saturated heterocycles. The van der Waals surface area contributed by atoms with Crippen LogP contribution in [0.1, 0.15) is 11.3 Å². The van der Waals surface area contributed by atoms with E-state index < -0.39 is 0 Å². The lowest BCUT2D eigenvalue weighted by Crippen LogP contribution is -1.94. The molecule has 10 aromatic rings. The maximum atomic E-state index is 11.1. The Labute approximate surface area is 317 Å². The summed E-state index contributed by atoms with van der Waals surface area (Å²) in [6.07, 6.45) is 0. The van der Waals surface area contributed by atoms with Gasteiger partial charge in [0.1, 0.15) is 28.3 Å². The summed E-state index contributed by atoms with van der Waals surface area (Å²) in [5, 5.41) is 14.3. The van der Waals surface area contributed by atoms with Crippen molar-refractivity contribution in [1.82, 2.24) is 9.97 Å². The third-order valence-corrected chi connectivity index (χ3v) is 10.4. The summed E-state index contributed by atoms with van der Waals surface area (Å²) in [5.74, 6) is 1.01. The van der Waals surface area contributed by atoms with Crippen LogP contribution in [0.25, 0.3) is 100 Å². The Morgan fingerprint density at radius 3 is 1.87 bits per heavy atom. The summed E-state index contributed by atoms with van der Waals surface area (Å²) in [6, 6.07) is 55.5. The van der Waals surface area contributed by atoms with Crippen molar-refractivity contribution in [2.75, 3.05) is 0 Å². The zero-order valence-electron chi connectivity index (χ0n) is 30.2. The van der Waals surface area contributed by atoms with Gasteiger partial charge < -0.3 is 13.9 Å². The van der Waals surface area contributed by atoms with Crippen molar-refractivity contribution in [3.63, 3.8) is 0 Å². The van der Waals surface area contributed by atoms with Crippen LogP contribution in [0.4, 0.5) is 0 Å². The third kappa shape index (κ3) is 5.74. The standard InChI is InChI=1S/C50H34N2O3/c1-30-12-10-19-40(49(30)53)44-27-36(32-13-4-3-5-14-32)26-43(52-44)34-16-11-15-33(25-34)42-28-37(24-31(2)51-42)50-48(41-18-7-9-21-46(41)55-50)35-22-23-39-38-17-6-8-20-45(38)54-47(39)29-35/h3-29,53H,1-2H3. The van der Waals surface area contributed by atoms with E-state index in [4.69, 9.17) is 18.8 Å². The first-order valence-electron chi connectivity index (χ1n) is 18.4. The lowest BCUT2D eigenvalue weighted by atomic mass is 9.96. The van der Waals surface area contributed by atoms with Crippen LogP contribution in [-0.2, 0) is 0 Å². The van der Waals surface area contributed by atoms with E-state index in [2.05, 4.69) is 78.9 Å². The lowest BCUT2D eigenvalue weighted by molar-refractivity contribution is 0.473. The highest BCUT2D eigenvalue weighted by Crippen LogP contribution is 2.44. The minimum absolute atomic E-state index is 0.235. The highest BCUT2D eigenvalue weighted by molar-refractivity contribution is 6.08. The van der Waals surface area contributed by atoms with Gasteiger partial charge in [-0.15, -0.1) is 0 Å². The molecule has 0 bridgehead atoms. The van der Waals surface area contributed by atoms with Gasteiger partial charge in [-0.25, -0.2) is 4.98 Å². The van der Waals surface area contributed by atoms with Gasteiger partial charge in [-0.3, -0.25) is 4.98 Å². The van der Waals surface area contributed by atoms with Crippen molar-refractivity contribution in [3.05, 3.63) is 175 Å². The van der Waals surface area contributed by atoms with Crippen LogP contribution in [0.2, 0.25) is 0 Å². The van der Waals surface area contributed by atoms with Crippen LogP contribution < -0.4 is 0 Å². The molecule has 5 nitrogen and oxygen atoms in total. The second kappa shape index (κ2) is 13.0. The van der Waals surface area contributed by atoms with Crippen LogP contribution in [0, 0.1) is 13.8 Å². The number of pyridine rings is 2. The van der Waals surface area contributed by atoms with Crippen molar-refractivity contribution < 1.29 is 13.9 Å². The summed E-state index contributed by atoms with van der Waals surface area (Å²) < 4.78 is 13.0. The lowest BCUT2D eigenvalue weighted by Gasteiger charge is -2.13. The molecule has 0 atom stereocenters. The van der Waals surface area contributed by atoms with Crippen molar-refractivity contribution in [3.8, 4) is 73.1 Å². The van der Waals surface area contributed by atoms with Crippen LogP contribution in [-0.4, -0.2) is 15.1 Å². The number of aromatic hydroxyl groups is 1. The summed E-state index contributed by atoms with van der Waals surface area (Å²) in [7, 11) is 0. The number of para-hydroxylation sites is 3. The van der Waals surface area contributed by atoms with Gasteiger partial charge in [-0.05, 0) is 96.8 Å². The topological polar surface area (TPSA) is 72.3 Å². The van der Waals surface area contributed by atoms with Gasteiger partial charge in [-0.2, -0.15) is 0 Å². The van der Waals surface area contributed by atoms with E-state index in [0.29, 0.717) is 11.3 Å². The minimum Gasteiger partial charge on any atom is -0.507 e. The number of benzene rings is 6. The Hall–Kier alpha value is -7.24. The number of hydrogen-bond donors (Lipinski definition) is 1. The predicted octanol–water partition coefficient (Wildman–Crippen LogP) is 13.4. The normalized spacial score (nSPS) is 11.5. The molecular formula is C50H34N2O3. The van der Waals surface area contributed by atoms with Crippen molar-refractivity contribution >= 4 is 32.9 Å². The van der Waals surface area contributed by atoms with Crippen LogP contribution in [0.15, 0.2) is 173 Å². The average molecular weight is 711 g/mol. The molecule has 4 aromatic heterocycles. The molecule has 6 aromatic carbocycles. The van der Waals surface area contributed by atoms with E-state index in [0.717, 1.165) is 100 Å². The Kier molecular flexibility index (Phi) is 7.67. The predicted molar refractivity (Wildman–Crippen MR) is 223 cm³/mol. The molecule has 262 valence electrons. The first-order valence-corrected chi connectivity index (χ1v) is 18.4. The summed E-state index contributed by atoms with van der Waals surface area (Å²) in [4.78, 5) is 10.1. The fraction of sp³-hybridized carbons (Fsp3) is 0.0400. The highest BCUT2D eigenvalue weighted by atomic mass is 16.3. The first-order chi connectivity index (χ1) is 27.0. The maximum Gasteiger partial charge on any atom is 0.143 e. The molecule has 0 radical (unpaired) electrons. The molecule has 0 aliphatic heterocycles. The molecule has 5 heteroatoms. The summed E-state index contributed by atoms with van der Waals surface area (Å²) in [6.45, 7) is 3.92. The van der Waals surface area contributed by atoms with Crippen LogP contribution in [0.5, 0.6) is 5.75 Å². The Morgan fingerprint density at radius 2 is 1.05 bits per heavy atom. The summed E-state index contributed by atoms with van der Waals surface area (Å²) in [5.41, 5.74) is 14.2. The van der Waals surface area contributed by atoms with Crippen molar-refractivity contribution in [1.29, 1.82) is 0 Å². The number of aromatic nitrogens is 2. The summed E-state index contributed by atoms with van der Waals surface area (Å²) >= 11 is 0. The minimum atomic E-state index is 0.235. The zero-order chi connectivity index (χ0) is 37.0. The molecule has 10 rings (SSSR count). The molecular weight excluding hydrogens is 677 g/mol. The molecule has 0 unspecified atom stereocenters. The van der Waals surface area contributed by atoms with Gasteiger partial charge in [0.25, 0.3) is 0 Å². The molecule has 0 saturated carbocycles. The van der Waals surface area contributed by atoms with E-state index >= 15 is 0 Å². The maximum absolute atomic E-state index is 11.1. The largest absolute Gasteiger partial charge is 0.507 e. The van der Waals surface area contributed by atoms with Crippen LogP contribution in [0.3, 0.4) is 0 Å². The smallest absolute Gasteiger partial charge is 0.143 e. The number of furan rings is 2. The van der Waals surface area contributed by atoms with E-state index in [9.17, 15) is 5.11 Å². The number of phenolic OH excluding ortho intramolecular Hbond substituents is 1. The van der Waals surface area contributed by atoms with Gasteiger partial charge in [-0.1, -0.05) is 103 Å². The molecule has 1 N–H and O–H groups in total. The second-order valence-electron chi connectivity index (χ2n) is 14.0. The van der Waals surface area contributed by atoms with Crippen molar-refractivity contribution in [2.45, 2.75) is 13.8 Å². The molecule has 0 fully saturated rings. The zero-order valence-corrected chi connectivity index (χ0v) is 30.2. The average Bonchev–Trinajstić information content (AvgIpc) is 3.80.